The molecule has 2 heterocycles. The number of nitrogens with one attached hydrogen (secondary N) is 1. The standard InChI is InChI=1S/C23H18F3NO4/c1-13-9-22(29)31-20-12-16(5-7-17(13)20)27-21(28)10-14-3-2-8-30-19-11-15(23(24,25)26)4-6-18(14)19/h4-7,9-12H,2-3,8H2,1H3,(H,27,28). The Bertz CT molecular complexity index is 1260. The lowest BCUT2D eigenvalue weighted by atomic mass is 9.99. The number of aryl methyl sites for hydroxylation is 1. The molecule has 1 aliphatic rings. The predicted octanol–water partition coefficient (Wildman–Crippen LogP) is 5.31. The smallest absolute Gasteiger partial charge is 0.416 e. The quantitative estimate of drug-likeness (QED) is 0.443. The molecule has 0 spiro atoms. The van der Waals surface area contributed by atoms with E-state index < -0.39 is 23.3 Å². The van der Waals surface area contributed by atoms with Gasteiger partial charge in [0, 0.05) is 34.8 Å². The van der Waals surface area contributed by atoms with Gasteiger partial charge in [0.15, 0.2) is 0 Å². The van der Waals surface area contributed by atoms with Crippen molar-refractivity contribution in [3.05, 3.63) is 75.7 Å². The van der Waals surface area contributed by atoms with Crippen LogP contribution in [0.3, 0.4) is 0 Å². The van der Waals surface area contributed by atoms with Gasteiger partial charge in [0.2, 0.25) is 5.91 Å². The maximum atomic E-state index is 13.0. The van der Waals surface area contributed by atoms with Crippen molar-refractivity contribution in [3.63, 3.8) is 0 Å². The number of hydrogen-bond acceptors (Lipinski definition) is 4. The van der Waals surface area contributed by atoms with Crippen molar-refractivity contribution >= 4 is 28.1 Å². The normalized spacial score (nSPS) is 15.3. The van der Waals surface area contributed by atoms with Gasteiger partial charge in [-0.2, -0.15) is 13.2 Å². The van der Waals surface area contributed by atoms with Gasteiger partial charge in [-0.15, -0.1) is 0 Å². The molecule has 0 bridgehead atoms. The van der Waals surface area contributed by atoms with Crippen LogP contribution in [0.25, 0.3) is 16.5 Å². The second kappa shape index (κ2) is 7.94. The summed E-state index contributed by atoms with van der Waals surface area (Å²) in [6, 6.07) is 9.64. The molecule has 4 rings (SSSR count). The number of benzene rings is 2. The lowest BCUT2D eigenvalue weighted by Gasteiger charge is -2.13. The summed E-state index contributed by atoms with van der Waals surface area (Å²) in [6.45, 7) is 2.05. The second-order valence-electron chi connectivity index (χ2n) is 7.28. The first-order valence-electron chi connectivity index (χ1n) is 9.61. The maximum Gasteiger partial charge on any atom is 0.416 e. The van der Waals surface area contributed by atoms with Crippen molar-refractivity contribution in [3.8, 4) is 5.75 Å². The van der Waals surface area contributed by atoms with E-state index in [0.29, 0.717) is 35.2 Å². The number of allylic oxidation sites excluding steroid dienone is 1. The van der Waals surface area contributed by atoms with Crippen LogP contribution >= 0.6 is 0 Å². The van der Waals surface area contributed by atoms with Crippen LogP contribution < -0.4 is 15.7 Å². The van der Waals surface area contributed by atoms with Crippen LogP contribution in [-0.2, 0) is 11.0 Å². The Labute approximate surface area is 175 Å². The number of hydrogen-bond donors (Lipinski definition) is 1. The van der Waals surface area contributed by atoms with Gasteiger partial charge >= 0.3 is 11.8 Å². The number of fused-ring (bicyclic) bond motifs is 2. The fourth-order valence-corrected chi connectivity index (χ4v) is 3.55. The topological polar surface area (TPSA) is 68.5 Å². The summed E-state index contributed by atoms with van der Waals surface area (Å²) in [6.07, 6.45) is -2.07. The highest BCUT2D eigenvalue weighted by Gasteiger charge is 2.32. The summed E-state index contributed by atoms with van der Waals surface area (Å²) in [5.74, 6) is -0.341. The fraction of sp³-hybridized carbons (Fsp3) is 0.217. The van der Waals surface area contributed by atoms with Gasteiger partial charge in [-0.05, 0) is 55.2 Å². The van der Waals surface area contributed by atoms with E-state index in [1.807, 2.05) is 0 Å². The van der Waals surface area contributed by atoms with E-state index in [4.69, 9.17) is 9.15 Å². The van der Waals surface area contributed by atoms with Gasteiger partial charge in [-0.3, -0.25) is 4.79 Å². The fourth-order valence-electron chi connectivity index (χ4n) is 3.55. The summed E-state index contributed by atoms with van der Waals surface area (Å²) in [5.41, 5.74) is 1.31. The number of carbonyl (C=O) groups excluding carboxylic acids is 1. The zero-order chi connectivity index (χ0) is 22.2. The third-order valence-corrected chi connectivity index (χ3v) is 5.03. The molecule has 1 N–H and O–H groups in total. The third kappa shape index (κ3) is 4.47. The highest BCUT2D eigenvalue weighted by atomic mass is 19.4. The molecule has 0 fully saturated rings. The number of alkyl halides is 3. The van der Waals surface area contributed by atoms with Gasteiger partial charge in [0.1, 0.15) is 11.3 Å². The molecule has 8 heteroatoms. The molecule has 0 atom stereocenters. The van der Waals surface area contributed by atoms with Crippen molar-refractivity contribution in [1.82, 2.24) is 0 Å². The Morgan fingerprint density at radius 3 is 2.71 bits per heavy atom. The molecule has 3 aromatic rings. The van der Waals surface area contributed by atoms with Crippen LogP contribution in [0.15, 0.2) is 57.8 Å². The zero-order valence-electron chi connectivity index (χ0n) is 16.5. The average Bonchev–Trinajstić information content (AvgIpc) is 2.88. The summed E-state index contributed by atoms with van der Waals surface area (Å²) in [4.78, 5) is 24.2. The van der Waals surface area contributed by atoms with Gasteiger partial charge in [0.25, 0.3) is 0 Å². The van der Waals surface area contributed by atoms with Crippen molar-refractivity contribution in [2.75, 3.05) is 11.9 Å². The molecule has 160 valence electrons. The predicted molar refractivity (Wildman–Crippen MR) is 110 cm³/mol. The van der Waals surface area contributed by atoms with Crippen LogP contribution in [0.5, 0.6) is 5.75 Å². The number of halogens is 3. The van der Waals surface area contributed by atoms with Gasteiger partial charge in [-0.25, -0.2) is 4.79 Å². The lowest BCUT2D eigenvalue weighted by molar-refractivity contribution is -0.137. The van der Waals surface area contributed by atoms with E-state index in [2.05, 4.69) is 5.32 Å². The van der Waals surface area contributed by atoms with Gasteiger partial charge in [-0.1, -0.05) is 6.07 Å². The average molecular weight is 429 g/mol. The summed E-state index contributed by atoms with van der Waals surface area (Å²) >= 11 is 0. The summed E-state index contributed by atoms with van der Waals surface area (Å²) < 4.78 is 49.7. The van der Waals surface area contributed by atoms with Crippen molar-refractivity contribution in [2.24, 2.45) is 0 Å². The zero-order valence-corrected chi connectivity index (χ0v) is 16.5. The highest BCUT2D eigenvalue weighted by molar-refractivity contribution is 6.05. The largest absolute Gasteiger partial charge is 0.493 e. The molecule has 1 aromatic heterocycles. The Hall–Kier alpha value is -3.55. The van der Waals surface area contributed by atoms with E-state index in [9.17, 15) is 22.8 Å². The minimum Gasteiger partial charge on any atom is -0.493 e. The van der Waals surface area contributed by atoms with E-state index in [-0.39, 0.29) is 12.4 Å². The van der Waals surface area contributed by atoms with Crippen LogP contribution in [0.1, 0.15) is 29.5 Å². The number of carbonyl (C=O) groups is 1. The van der Waals surface area contributed by atoms with Crippen LogP contribution in [0, 0.1) is 6.92 Å². The van der Waals surface area contributed by atoms with Crippen LogP contribution in [-0.4, -0.2) is 12.5 Å². The molecule has 0 aliphatic carbocycles. The Kier molecular flexibility index (Phi) is 5.31. The van der Waals surface area contributed by atoms with Crippen molar-refractivity contribution in [2.45, 2.75) is 25.9 Å². The van der Waals surface area contributed by atoms with E-state index in [1.54, 1.807) is 25.1 Å². The molecule has 31 heavy (non-hydrogen) atoms. The maximum absolute atomic E-state index is 13.0. The highest BCUT2D eigenvalue weighted by Crippen LogP contribution is 2.38. The first kappa shape index (κ1) is 20.7. The first-order valence-corrected chi connectivity index (χ1v) is 9.61. The number of amides is 1. The van der Waals surface area contributed by atoms with Crippen molar-refractivity contribution in [1.29, 1.82) is 0 Å². The number of anilines is 1. The van der Waals surface area contributed by atoms with Gasteiger partial charge < -0.3 is 14.5 Å². The van der Waals surface area contributed by atoms with Crippen LogP contribution in [0.4, 0.5) is 18.9 Å². The van der Waals surface area contributed by atoms with E-state index >= 15 is 0 Å². The van der Waals surface area contributed by atoms with E-state index in [1.165, 1.54) is 18.2 Å². The molecular formula is C23H18F3NO4. The van der Waals surface area contributed by atoms with Gasteiger partial charge in [0.05, 0.1) is 12.2 Å². The molecule has 5 nitrogen and oxygen atoms in total. The monoisotopic (exact) mass is 429 g/mol. The lowest BCUT2D eigenvalue weighted by Crippen LogP contribution is -2.09. The Morgan fingerprint density at radius 1 is 1.13 bits per heavy atom. The SMILES string of the molecule is Cc1cc(=O)oc2cc(NC(=O)C=C3CCCOc4cc(C(F)(F)F)ccc43)ccc12. The molecule has 0 saturated heterocycles. The van der Waals surface area contributed by atoms with E-state index in [0.717, 1.165) is 23.1 Å². The molecule has 1 amide bonds. The Morgan fingerprint density at radius 2 is 1.94 bits per heavy atom. The summed E-state index contributed by atoms with van der Waals surface area (Å²) in [5, 5.41) is 3.46. The molecule has 0 saturated carbocycles. The summed E-state index contributed by atoms with van der Waals surface area (Å²) in [7, 11) is 0. The third-order valence-electron chi connectivity index (χ3n) is 5.03. The number of ether oxygens (including phenoxy) is 1. The Balaban J connectivity index is 1.62. The second-order valence-corrected chi connectivity index (χ2v) is 7.28. The minimum atomic E-state index is -4.48. The molecule has 0 unspecified atom stereocenters. The molecule has 1 aliphatic heterocycles. The molecular weight excluding hydrogens is 411 g/mol. The number of rotatable bonds is 2. The molecule has 2 aromatic carbocycles. The van der Waals surface area contributed by atoms with Crippen molar-refractivity contribution < 1.29 is 27.1 Å². The van der Waals surface area contributed by atoms with Crippen LogP contribution in [0.2, 0.25) is 0 Å². The molecule has 0 radical (unpaired) electrons. The minimum absolute atomic E-state index is 0.106. The first-order chi connectivity index (χ1) is 14.7.